The molecule has 1 aliphatic heterocycles. The molecule has 2 atom stereocenters. The van der Waals surface area contributed by atoms with Crippen LogP contribution in [0.3, 0.4) is 0 Å². The zero-order valence-electron chi connectivity index (χ0n) is 26.1. The van der Waals surface area contributed by atoms with Crippen LogP contribution in [0.4, 0.5) is 5.69 Å². The molecule has 0 unspecified atom stereocenters. The van der Waals surface area contributed by atoms with Gasteiger partial charge in [-0.2, -0.15) is 0 Å². The van der Waals surface area contributed by atoms with E-state index in [2.05, 4.69) is 17.0 Å². The number of ketones is 1. The zero-order chi connectivity index (χ0) is 31.4. The van der Waals surface area contributed by atoms with E-state index in [4.69, 9.17) is 9.47 Å². The van der Waals surface area contributed by atoms with Crippen LogP contribution in [0, 0.1) is 0 Å². The van der Waals surface area contributed by atoms with Gasteiger partial charge in [-0.15, -0.1) is 0 Å². The van der Waals surface area contributed by atoms with Crippen molar-refractivity contribution in [3.63, 3.8) is 0 Å². The second kappa shape index (κ2) is 13.2. The Balaban J connectivity index is 0.00000188. The minimum atomic E-state index is -0.565. The van der Waals surface area contributed by atoms with E-state index in [-0.39, 0.29) is 18.3 Å². The highest BCUT2D eigenvalue weighted by molar-refractivity contribution is 6.05. The molecular formula is C37H40N3O4+. The number of hydrogen-bond donors (Lipinski definition) is 2. The first-order valence-electron chi connectivity index (χ1n) is 15.1. The van der Waals surface area contributed by atoms with Crippen molar-refractivity contribution in [1.29, 1.82) is 0 Å². The van der Waals surface area contributed by atoms with Crippen molar-refractivity contribution in [2.45, 2.75) is 52.1 Å². The molecule has 0 spiro atoms. The number of H-pyrrole nitrogens is 1. The van der Waals surface area contributed by atoms with Gasteiger partial charge in [-0.3, -0.25) is 4.79 Å². The number of dihydropyridines is 1. The Hall–Kier alpha value is -4.91. The molecule has 7 nitrogen and oxygen atoms in total. The average molecular weight is 591 g/mol. The Labute approximate surface area is 258 Å². The van der Waals surface area contributed by atoms with Crippen LogP contribution < -0.4 is 10.1 Å². The molecule has 1 aromatic heterocycles. The molecule has 0 saturated carbocycles. The van der Waals surface area contributed by atoms with E-state index in [1.165, 1.54) is 0 Å². The standard InChI is InChI=1S/C35H33N3O4.C2H6/c1-21-32(35(40)42-20-22-10-5-7-14-29(22)38(2)3)33(26-12-9-13-27-25(26)16-17-36-27)34-28(37-21)18-23(19-30(34)39)24-11-6-8-15-31(24)41-4;1-2/h5-17,23,33,36H,2,18-20H2,1,3-4H3;1-2H3/p+1/t23-,33-;/m1./s1. The number of esters is 1. The minimum Gasteiger partial charge on any atom is -0.496 e. The predicted octanol–water partition coefficient (Wildman–Crippen LogP) is 7.28. The number of benzene rings is 3. The predicted molar refractivity (Wildman–Crippen MR) is 174 cm³/mol. The number of ether oxygens (including phenoxy) is 2. The van der Waals surface area contributed by atoms with Gasteiger partial charge in [-0.05, 0) is 48.7 Å². The summed E-state index contributed by atoms with van der Waals surface area (Å²) < 4.78 is 13.3. The molecule has 2 heterocycles. The van der Waals surface area contributed by atoms with Gasteiger partial charge in [0.05, 0.1) is 18.2 Å². The van der Waals surface area contributed by atoms with Gasteiger partial charge >= 0.3 is 5.97 Å². The Morgan fingerprint density at radius 3 is 2.48 bits per heavy atom. The van der Waals surface area contributed by atoms with Gasteiger partial charge in [0.2, 0.25) is 5.69 Å². The number of aromatic amines is 1. The van der Waals surface area contributed by atoms with Crippen molar-refractivity contribution in [1.82, 2.24) is 10.3 Å². The van der Waals surface area contributed by atoms with Crippen LogP contribution in [-0.4, -0.2) is 42.2 Å². The van der Waals surface area contributed by atoms with Crippen LogP contribution in [-0.2, 0) is 20.9 Å². The topological polar surface area (TPSA) is 83.4 Å². The number of carbonyl (C=O) groups excluding carboxylic acids is 2. The van der Waals surface area contributed by atoms with Crippen molar-refractivity contribution < 1.29 is 23.6 Å². The van der Waals surface area contributed by atoms with Crippen molar-refractivity contribution >= 4 is 35.1 Å². The zero-order valence-corrected chi connectivity index (χ0v) is 26.1. The molecule has 2 N–H and O–H groups in total. The van der Waals surface area contributed by atoms with Crippen LogP contribution >= 0.6 is 0 Å². The first-order valence-corrected chi connectivity index (χ1v) is 15.1. The van der Waals surface area contributed by atoms with Gasteiger partial charge < -0.3 is 19.8 Å². The van der Waals surface area contributed by atoms with Gasteiger partial charge in [-0.25, -0.2) is 9.37 Å². The van der Waals surface area contributed by atoms with E-state index in [1.54, 1.807) is 11.7 Å². The molecule has 0 saturated heterocycles. The van der Waals surface area contributed by atoms with Gasteiger partial charge in [0.25, 0.3) is 0 Å². The van der Waals surface area contributed by atoms with E-state index in [0.29, 0.717) is 29.7 Å². The van der Waals surface area contributed by atoms with Crippen LogP contribution in [0.25, 0.3) is 10.9 Å². The lowest BCUT2D eigenvalue weighted by molar-refractivity contribution is -0.395. The summed E-state index contributed by atoms with van der Waals surface area (Å²) in [7, 11) is 3.51. The maximum atomic E-state index is 14.1. The maximum Gasteiger partial charge on any atom is 0.337 e. The number of nitrogens with zero attached hydrogens (tertiary/aromatic N) is 1. The fourth-order valence-electron chi connectivity index (χ4n) is 6.43. The first kappa shape index (κ1) is 30.5. The molecule has 3 aromatic carbocycles. The van der Waals surface area contributed by atoms with Crippen LogP contribution in [0.5, 0.6) is 5.75 Å². The number of aromatic nitrogens is 1. The molecule has 0 bridgehead atoms. The van der Waals surface area contributed by atoms with E-state index in [9.17, 15) is 9.59 Å². The van der Waals surface area contributed by atoms with Gasteiger partial charge in [0.1, 0.15) is 26.1 Å². The van der Waals surface area contributed by atoms with Crippen LogP contribution in [0.15, 0.2) is 102 Å². The average Bonchev–Trinajstić information content (AvgIpc) is 3.53. The Morgan fingerprint density at radius 2 is 1.70 bits per heavy atom. The van der Waals surface area contributed by atoms with Crippen molar-refractivity contribution in [2.24, 2.45) is 0 Å². The minimum absolute atomic E-state index is 0.0130. The summed E-state index contributed by atoms with van der Waals surface area (Å²) >= 11 is 0. The Morgan fingerprint density at radius 1 is 0.977 bits per heavy atom. The summed E-state index contributed by atoms with van der Waals surface area (Å²) in [5.41, 5.74) is 7.19. The number of hydrogen-bond acceptors (Lipinski definition) is 5. The third-order valence-electron chi connectivity index (χ3n) is 8.33. The van der Waals surface area contributed by atoms with Crippen LogP contribution in [0.2, 0.25) is 0 Å². The molecule has 44 heavy (non-hydrogen) atoms. The molecular weight excluding hydrogens is 550 g/mol. The van der Waals surface area contributed by atoms with E-state index < -0.39 is 11.9 Å². The molecule has 1 aliphatic carbocycles. The number of para-hydroxylation sites is 2. The van der Waals surface area contributed by atoms with E-state index >= 15 is 0 Å². The molecule has 2 aliphatic rings. The normalized spacial score (nSPS) is 17.8. The molecule has 0 amide bonds. The summed E-state index contributed by atoms with van der Waals surface area (Å²) in [6.07, 6.45) is 2.83. The number of rotatable bonds is 7. The summed E-state index contributed by atoms with van der Waals surface area (Å²) in [6.45, 7) is 9.96. The number of Topliss-reactive ketones (excluding diaryl/α,β-unsaturated/α-hetero) is 1. The summed E-state index contributed by atoms with van der Waals surface area (Å²) in [4.78, 5) is 31.3. The third kappa shape index (κ3) is 5.70. The number of carbonyl (C=O) groups is 2. The highest BCUT2D eigenvalue weighted by Gasteiger charge is 2.42. The fraction of sp³-hybridized carbons (Fsp3) is 0.270. The van der Waals surface area contributed by atoms with Crippen molar-refractivity contribution in [2.75, 3.05) is 14.2 Å². The van der Waals surface area contributed by atoms with E-state index in [0.717, 1.165) is 44.7 Å². The quantitative estimate of drug-likeness (QED) is 0.134. The lowest BCUT2D eigenvalue weighted by Gasteiger charge is -2.37. The molecule has 226 valence electrons. The lowest BCUT2D eigenvalue weighted by atomic mass is 9.71. The molecule has 4 aromatic rings. The van der Waals surface area contributed by atoms with Gasteiger partial charge in [0, 0.05) is 58.4 Å². The molecule has 0 fully saturated rings. The van der Waals surface area contributed by atoms with Gasteiger partial charge in [0.15, 0.2) is 5.78 Å². The van der Waals surface area contributed by atoms with Crippen molar-refractivity contribution in [3.8, 4) is 5.75 Å². The third-order valence-corrected chi connectivity index (χ3v) is 8.33. The monoisotopic (exact) mass is 590 g/mol. The highest BCUT2D eigenvalue weighted by atomic mass is 16.5. The summed E-state index contributed by atoms with van der Waals surface area (Å²) in [5, 5.41) is 4.43. The second-order valence-electron chi connectivity index (χ2n) is 10.9. The Kier molecular flexibility index (Phi) is 9.14. The van der Waals surface area contributed by atoms with Gasteiger partial charge in [-0.1, -0.05) is 56.3 Å². The molecule has 6 rings (SSSR count). The largest absolute Gasteiger partial charge is 0.496 e. The highest BCUT2D eigenvalue weighted by Crippen LogP contribution is 2.48. The molecule has 0 radical (unpaired) electrons. The van der Waals surface area contributed by atoms with Crippen molar-refractivity contribution in [3.05, 3.63) is 118 Å². The smallest absolute Gasteiger partial charge is 0.337 e. The Bertz CT molecular complexity index is 1800. The second-order valence-corrected chi connectivity index (χ2v) is 10.9. The molecule has 7 heteroatoms. The lowest BCUT2D eigenvalue weighted by Crippen LogP contribution is -2.36. The summed E-state index contributed by atoms with van der Waals surface area (Å²) in [6, 6.07) is 23.5. The van der Waals surface area contributed by atoms with Crippen LogP contribution in [0.1, 0.15) is 62.1 Å². The van der Waals surface area contributed by atoms with E-state index in [1.807, 2.05) is 107 Å². The number of nitrogens with one attached hydrogen (secondary N) is 2. The number of fused-ring (bicyclic) bond motifs is 1. The fourth-order valence-corrected chi connectivity index (χ4v) is 6.43. The SMILES string of the molecule is C=[N+](C)c1ccccc1COC(=O)C1=C(C)NC2=C(C(=O)C[C@H](c3ccccc3OC)C2)[C@@H]1c1cccc2[nH]ccc12.CC. The first-order chi connectivity index (χ1) is 21.4. The number of methoxy groups -OCH3 is 1. The summed E-state index contributed by atoms with van der Waals surface area (Å²) in [5.74, 6) is -0.274. The maximum absolute atomic E-state index is 14.1. The number of allylic oxidation sites excluding steroid dienone is 3.